The number of aryl methyl sites for hydroxylation is 1. The van der Waals surface area contributed by atoms with Crippen LogP contribution >= 0.6 is 11.6 Å². The lowest BCUT2D eigenvalue weighted by Crippen LogP contribution is -2.35. The maximum Gasteiger partial charge on any atom is 0.288 e. The van der Waals surface area contributed by atoms with Crippen LogP contribution in [-0.4, -0.2) is 61.7 Å². The lowest BCUT2D eigenvalue weighted by Gasteiger charge is -2.24. The lowest BCUT2D eigenvalue weighted by atomic mass is 10.1. The van der Waals surface area contributed by atoms with Gasteiger partial charge in [-0.05, 0) is 43.2 Å². The Morgan fingerprint density at radius 1 is 0.952 bits per heavy atom. The predicted octanol–water partition coefficient (Wildman–Crippen LogP) is 5.63. The van der Waals surface area contributed by atoms with Crippen molar-refractivity contribution in [2.45, 2.75) is 19.8 Å². The molecule has 0 spiro atoms. The van der Waals surface area contributed by atoms with Gasteiger partial charge in [-0.1, -0.05) is 60.1 Å². The van der Waals surface area contributed by atoms with Crippen LogP contribution in [0.3, 0.4) is 0 Å². The molecule has 0 saturated carbocycles. The van der Waals surface area contributed by atoms with Gasteiger partial charge in [-0.3, -0.25) is 14.9 Å². The minimum Gasteiger partial charge on any atom is -0.354 e. The number of carbonyl (C=O) groups excluding carboxylic acids is 1. The quantitative estimate of drug-likeness (QED) is 0.189. The Balaban J connectivity index is 1.35. The van der Waals surface area contributed by atoms with Crippen LogP contribution in [0.4, 0.5) is 11.5 Å². The Hall–Kier alpha value is -4.83. The first-order chi connectivity index (χ1) is 20.4. The van der Waals surface area contributed by atoms with E-state index in [2.05, 4.69) is 17.0 Å². The molecule has 0 unspecified atom stereocenters. The van der Waals surface area contributed by atoms with Crippen molar-refractivity contribution in [1.29, 1.82) is 0 Å². The number of hydrogen-bond acceptors (Lipinski definition) is 7. The number of nitrogens with zero attached hydrogens (tertiary/aromatic N) is 7. The van der Waals surface area contributed by atoms with E-state index in [1.807, 2.05) is 60.1 Å². The summed E-state index contributed by atoms with van der Waals surface area (Å²) in [7, 11) is 0. The van der Waals surface area contributed by atoms with Gasteiger partial charge in [-0.25, -0.2) is 14.6 Å². The fraction of sp³-hybridized carbons (Fsp3) is 0.226. The van der Waals surface area contributed by atoms with Crippen molar-refractivity contribution in [3.05, 3.63) is 117 Å². The predicted molar refractivity (Wildman–Crippen MR) is 161 cm³/mol. The molecular weight excluding hydrogens is 554 g/mol. The minimum absolute atomic E-state index is 0.00379. The summed E-state index contributed by atoms with van der Waals surface area (Å²) in [6.07, 6.45) is 1.27. The molecule has 0 atom stereocenters. The van der Waals surface area contributed by atoms with Gasteiger partial charge in [0.1, 0.15) is 16.7 Å². The molecule has 3 aromatic carbocycles. The van der Waals surface area contributed by atoms with E-state index >= 15 is 0 Å². The number of carbonyl (C=O) groups is 1. The Labute approximate surface area is 247 Å². The molecule has 3 heterocycles. The maximum atomic E-state index is 13.4. The van der Waals surface area contributed by atoms with Crippen LogP contribution in [0.1, 0.15) is 33.9 Å². The van der Waals surface area contributed by atoms with Crippen molar-refractivity contribution < 1.29 is 9.72 Å². The number of halogens is 1. The summed E-state index contributed by atoms with van der Waals surface area (Å²) in [4.78, 5) is 38.1. The molecule has 0 radical (unpaired) electrons. The average molecular weight is 582 g/mol. The molecule has 6 rings (SSSR count). The van der Waals surface area contributed by atoms with Gasteiger partial charge in [0.15, 0.2) is 5.65 Å². The molecule has 0 N–H and O–H groups in total. The van der Waals surface area contributed by atoms with Crippen LogP contribution in [0.25, 0.3) is 16.7 Å². The van der Waals surface area contributed by atoms with Crippen LogP contribution in [-0.2, 0) is 6.42 Å². The zero-order chi connectivity index (χ0) is 29.2. The summed E-state index contributed by atoms with van der Waals surface area (Å²) < 4.78 is 1.87. The van der Waals surface area contributed by atoms with E-state index in [-0.39, 0.29) is 22.2 Å². The van der Waals surface area contributed by atoms with E-state index in [1.54, 1.807) is 4.90 Å². The van der Waals surface area contributed by atoms with Crippen molar-refractivity contribution in [1.82, 2.24) is 24.6 Å². The Bertz CT molecular complexity index is 1780. The fourth-order valence-electron chi connectivity index (χ4n) is 5.34. The number of nitro groups is 1. The molecule has 1 saturated heterocycles. The Morgan fingerprint density at radius 3 is 2.43 bits per heavy atom. The van der Waals surface area contributed by atoms with Crippen molar-refractivity contribution in [3.63, 3.8) is 0 Å². The third-order valence-corrected chi connectivity index (χ3v) is 7.73. The lowest BCUT2D eigenvalue weighted by molar-refractivity contribution is -0.384. The summed E-state index contributed by atoms with van der Waals surface area (Å²) in [6.45, 7) is 4.12. The molecule has 1 amide bonds. The number of anilines is 1. The van der Waals surface area contributed by atoms with E-state index in [9.17, 15) is 14.9 Å². The highest BCUT2D eigenvalue weighted by Crippen LogP contribution is 2.31. The van der Waals surface area contributed by atoms with Crippen molar-refractivity contribution in [3.8, 4) is 5.69 Å². The molecule has 0 bridgehead atoms. The van der Waals surface area contributed by atoms with Gasteiger partial charge in [0.25, 0.3) is 11.6 Å². The summed E-state index contributed by atoms with van der Waals surface area (Å²) in [5.41, 5.74) is 3.54. The summed E-state index contributed by atoms with van der Waals surface area (Å²) >= 11 is 5.97. The van der Waals surface area contributed by atoms with Gasteiger partial charge in [-0.2, -0.15) is 5.10 Å². The van der Waals surface area contributed by atoms with Gasteiger partial charge in [0.2, 0.25) is 0 Å². The van der Waals surface area contributed by atoms with Crippen LogP contribution < -0.4 is 4.90 Å². The van der Waals surface area contributed by atoms with Gasteiger partial charge >= 0.3 is 0 Å². The fourth-order valence-corrected chi connectivity index (χ4v) is 5.53. The molecule has 0 aliphatic carbocycles. The minimum atomic E-state index is -0.575. The molecule has 10 nitrogen and oxygen atoms in total. The van der Waals surface area contributed by atoms with Crippen LogP contribution in [0, 0.1) is 17.0 Å². The zero-order valence-corrected chi connectivity index (χ0v) is 23.7. The van der Waals surface area contributed by atoms with Gasteiger partial charge in [0.05, 0.1) is 21.7 Å². The topological polar surface area (TPSA) is 110 Å². The van der Waals surface area contributed by atoms with E-state index in [0.29, 0.717) is 44.8 Å². The Morgan fingerprint density at radius 2 is 1.69 bits per heavy atom. The van der Waals surface area contributed by atoms with Gasteiger partial charge in [0, 0.05) is 44.2 Å². The zero-order valence-electron chi connectivity index (χ0n) is 23.0. The van der Waals surface area contributed by atoms with Gasteiger partial charge < -0.3 is 9.80 Å². The smallest absolute Gasteiger partial charge is 0.288 e. The Kier molecular flexibility index (Phi) is 7.54. The first kappa shape index (κ1) is 27.3. The van der Waals surface area contributed by atoms with Crippen molar-refractivity contribution in [2.24, 2.45) is 0 Å². The standard InChI is InChI=1S/C31H28ClN7O3/c1-21-28-29(36-15-8-16-37(18-17-36)31(40)23-13-14-25(32)26(20-23)39(41)42)33-27(19-22-9-4-2-5-10-22)34-30(28)38(35-21)24-11-6-3-7-12-24/h2-7,9-14,20H,8,15-19H2,1H3. The largest absolute Gasteiger partial charge is 0.354 e. The molecule has 1 fully saturated rings. The van der Waals surface area contributed by atoms with Crippen molar-refractivity contribution >= 4 is 40.0 Å². The highest BCUT2D eigenvalue weighted by atomic mass is 35.5. The highest BCUT2D eigenvalue weighted by molar-refractivity contribution is 6.32. The maximum absolute atomic E-state index is 13.4. The van der Waals surface area contributed by atoms with Crippen molar-refractivity contribution in [2.75, 3.05) is 31.1 Å². The van der Waals surface area contributed by atoms with E-state index in [0.717, 1.165) is 33.8 Å². The molecule has 1 aliphatic heterocycles. The molecule has 5 aromatic rings. The summed E-state index contributed by atoms with van der Waals surface area (Å²) in [5.74, 6) is 1.22. The highest BCUT2D eigenvalue weighted by Gasteiger charge is 2.26. The second-order valence-electron chi connectivity index (χ2n) is 10.2. The number of fused-ring (bicyclic) bond motifs is 1. The van der Waals surface area contributed by atoms with Crippen LogP contribution in [0.2, 0.25) is 5.02 Å². The molecule has 42 heavy (non-hydrogen) atoms. The number of hydrogen-bond donors (Lipinski definition) is 0. The van der Waals surface area contributed by atoms with Crippen LogP contribution in [0.15, 0.2) is 78.9 Å². The molecule has 1 aliphatic rings. The third-order valence-electron chi connectivity index (χ3n) is 7.41. The number of rotatable bonds is 6. The van der Waals surface area contributed by atoms with Gasteiger partial charge in [-0.15, -0.1) is 0 Å². The van der Waals surface area contributed by atoms with E-state index < -0.39 is 4.92 Å². The molecule has 11 heteroatoms. The first-order valence-electron chi connectivity index (χ1n) is 13.7. The van der Waals surface area contributed by atoms with E-state index in [1.165, 1.54) is 18.2 Å². The molecule has 212 valence electrons. The second kappa shape index (κ2) is 11.6. The number of benzene rings is 3. The SMILES string of the molecule is Cc1nn(-c2ccccc2)c2nc(Cc3ccccc3)nc(N3CCCN(C(=O)c4ccc(Cl)c([N+](=O)[O-])c4)CC3)c12. The summed E-state index contributed by atoms with van der Waals surface area (Å²) in [6, 6.07) is 24.2. The second-order valence-corrected chi connectivity index (χ2v) is 10.6. The number of amides is 1. The monoisotopic (exact) mass is 581 g/mol. The number of aromatic nitrogens is 4. The normalized spacial score (nSPS) is 13.8. The van der Waals surface area contributed by atoms with Crippen LogP contribution in [0.5, 0.6) is 0 Å². The van der Waals surface area contributed by atoms with E-state index in [4.69, 9.17) is 26.7 Å². The first-order valence-corrected chi connectivity index (χ1v) is 14.1. The number of nitro benzene ring substituents is 1. The average Bonchev–Trinajstić information content (AvgIpc) is 3.16. The molecule has 2 aromatic heterocycles. The third kappa shape index (κ3) is 5.40. The summed E-state index contributed by atoms with van der Waals surface area (Å²) in [5, 5.41) is 17.1. The number of para-hydroxylation sites is 1. The molecular formula is C31H28ClN7O3.